The third-order valence-corrected chi connectivity index (χ3v) is 4.60. The molecule has 0 fully saturated rings. The fraction of sp³-hybridized carbons (Fsp3) is 0.150. The summed E-state index contributed by atoms with van der Waals surface area (Å²) in [5.74, 6) is -0.173. The van der Waals surface area contributed by atoms with Crippen molar-refractivity contribution in [1.29, 1.82) is 5.26 Å². The van der Waals surface area contributed by atoms with E-state index in [1.165, 1.54) is 11.2 Å². The van der Waals surface area contributed by atoms with Crippen LogP contribution < -0.4 is 0 Å². The van der Waals surface area contributed by atoms with Crippen molar-refractivity contribution in [1.82, 2.24) is 29.6 Å². The lowest BCUT2D eigenvalue weighted by Crippen LogP contribution is -2.34. The van der Waals surface area contributed by atoms with Crippen molar-refractivity contribution in [3.63, 3.8) is 0 Å². The number of aromatic nitrogens is 5. The van der Waals surface area contributed by atoms with Gasteiger partial charge >= 0.3 is 0 Å². The van der Waals surface area contributed by atoms with Gasteiger partial charge < -0.3 is 9.88 Å². The molecule has 138 valence electrons. The van der Waals surface area contributed by atoms with E-state index in [0.29, 0.717) is 5.56 Å². The van der Waals surface area contributed by atoms with Crippen molar-refractivity contribution in [3.8, 4) is 17.3 Å². The minimum Gasteiger partial charge on any atom is -0.346 e. The summed E-state index contributed by atoms with van der Waals surface area (Å²) in [5, 5.41) is 14.6. The fourth-order valence-electron chi connectivity index (χ4n) is 3.14. The Hall–Kier alpha value is -3.99. The lowest BCUT2D eigenvalue weighted by atomic mass is 10.2. The number of nitrogens with one attached hydrogen (secondary N) is 1. The Labute approximate surface area is 161 Å². The number of aromatic amines is 1. The second-order valence-electron chi connectivity index (χ2n) is 6.30. The van der Waals surface area contributed by atoms with Gasteiger partial charge in [0.05, 0.1) is 24.4 Å². The van der Waals surface area contributed by atoms with E-state index < -0.39 is 6.17 Å². The molecule has 4 aromatic rings. The minimum absolute atomic E-state index is 0.111. The van der Waals surface area contributed by atoms with Crippen LogP contribution in [-0.2, 0) is 0 Å². The Bertz CT molecular complexity index is 1160. The lowest BCUT2D eigenvalue weighted by Gasteiger charge is -2.26. The number of nitrogens with zero attached hydrogens (tertiary/aromatic N) is 6. The number of carbonyl (C=O) groups is 1. The van der Waals surface area contributed by atoms with Crippen LogP contribution in [0.15, 0.2) is 61.3 Å². The van der Waals surface area contributed by atoms with E-state index in [1.807, 2.05) is 24.3 Å². The van der Waals surface area contributed by atoms with Gasteiger partial charge in [-0.3, -0.25) is 4.79 Å². The van der Waals surface area contributed by atoms with Crippen molar-refractivity contribution >= 4 is 16.9 Å². The molecule has 0 saturated carbocycles. The van der Waals surface area contributed by atoms with E-state index >= 15 is 0 Å². The molecule has 28 heavy (non-hydrogen) atoms. The Balaban J connectivity index is 1.67. The number of fused-ring (bicyclic) bond motifs is 1. The molecule has 0 spiro atoms. The summed E-state index contributed by atoms with van der Waals surface area (Å²) in [6.07, 6.45) is 6.35. The van der Waals surface area contributed by atoms with E-state index in [-0.39, 0.29) is 12.3 Å². The molecule has 1 N–H and O–H groups in total. The van der Waals surface area contributed by atoms with Crippen molar-refractivity contribution in [2.75, 3.05) is 7.05 Å². The highest BCUT2D eigenvalue weighted by molar-refractivity contribution is 5.94. The van der Waals surface area contributed by atoms with E-state index in [0.717, 1.165) is 22.3 Å². The smallest absolute Gasteiger partial charge is 0.255 e. The maximum Gasteiger partial charge on any atom is 0.255 e. The topological polar surface area (TPSA) is 103 Å². The van der Waals surface area contributed by atoms with Crippen LogP contribution in [0.5, 0.6) is 0 Å². The molecule has 3 aromatic heterocycles. The Morgan fingerprint density at radius 3 is 2.89 bits per heavy atom. The van der Waals surface area contributed by atoms with Crippen LogP contribution in [0.25, 0.3) is 22.3 Å². The Morgan fingerprint density at radius 2 is 2.11 bits per heavy atom. The molecule has 1 atom stereocenters. The van der Waals surface area contributed by atoms with Gasteiger partial charge in [-0.2, -0.15) is 10.4 Å². The van der Waals surface area contributed by atoms with Gasteiger partial charge in [0.15, 0.2) is 0 Å². The molecule has 4 rings (SSSR count). The Morgan fingerprint density at radius 1 is 1.29 bits per heavy atom. The first-order valence-corrected chi connectivity index (χ1v) is 8.71. The molecule has 1 aromatic carbocycles. The number of hydrogen-bond acceptors (Lipinski definition) is 5. The van der Waals surface area contributed by atoms with Crippen molar-refractivity contribution in [3.05, 3.63) is 66.9 Å². The third kappa shape index (κ3) is 3.10. The van der Waals surface area contributed by atoms with E-state index in [9.17, 15) is 10.1 Å². The van der Waals surface area contributed by atoms with Crippen LogP contribution >= 0.6 is 0 Å². The van der Waals surface area contributed by atoms with Crippen molar-refractivity contribution < 1.29 is 4.79 Å². The largest absolute Gasteiger partial charge is 0.346 e. The summed E-state index contributed by atoms with van der Waals surface area (Å²) in [6.45, 7) is 0. The van der Waals surface area contributed by atoms with Gasteiger partial charge in [-0.25, -0.2) is 14.6 Å². The van der Waals surface area contributed by atoms with E-state index in [1.54, 1.807) is 42.5 Å². The molecule has 0 saturated heterocycles. The van der Waals surface area contributed by atoms with E-state index in [4.69, 9.17) is 0 Å². The highest BCUT2D eigenvalue weighted by Gasteiger charge is 2.24. The van der Waals surface area contributed by atoms with Crippen LogP contribution in [0.2, 0.25) is 0 Å². The monoisotopic (exact) mass is 371 g/mol. The number of nitriles is 1. The second kappa shape index (κ2) is 7.32. The summed E-state index contributed by atoms with van der Waals surface area (Å²) in [5.41, 5.74) is 2.83. The SMILES string of the molecule is CN(C(=O)c1ccccc1)C(CC#N)n1cc(-c2ncnc3[nH]ccc23)cn1. The van der Waals surface area contributed by atoms with Gasteiger partial charge in [0, 0.05) is 36.0 Å². The molecular weight excluding hydrogens is 354 g/mol. The number of benzene rings is 1. The maximum absolute atomic E-state index is 12.8. The molecule has 1 amide bonds. The number of amides is 1. The number of hydrogen-bond donors (Lipinski definition) is 1. The summed E-state index contributed by atoms with van der Waals surface area (Å²) >= 11 is 0. The highest BCUT2D eigenvalue weighted by Crippen LogP contribution is 2.26. The molecule has 0 aliphatic carbocycles. The molecule has 0 aliphatic heterocycles. The second-order valence-corrected chi connectivity index (χ2v) is 6.30. The molecule has 1 unspecified atom stereocenters. The summed E-state index contributed by atoms with van der Waals surface area (Å²) in [6, 6.07) is 13.0. The van der Waals surface area contributed by atoms with E-state index in [2.05, 4.69) is 26.1 Å². The van der Waals surface area contributed by atoms with Gasteiger partial charge in [-0.05, 0) is 18.2 Å². The maximum atomic E-state index is 12.8. The van der Waals surface area contributed by atoms with Gasteiger partial charge in [0.25, 0.3) is 5.91 Å². The number of H-pyrrole nitrogens is 1. The lowest BCUT2D eigenvalue weighted by molar-refractivity contribution is 0.0649. The molecule has 8 nitrogen and oxygen atoms in total. The third-order valence-electron chi connectivity index (χ3n) is 4.60. The van der Waals surface area contributed by atoms with Crippen LogP contribution in [0.1, 0.15) is 22.9 Å². The van der Waals surface area contributed by atoms with Gasteiger partial charge in [-0.15, -0.1) is 0 Å². The van der Waals surface area contributed by atoms with Gasteiger partial charge in [-0.1, -0.05) is 18.2 Å². The first-order valence-electron chi connectivity index (χ1n) is 8.71. The van der Waals surface area contributed by atoms with Gasteiger partial charge in [0.2, 0.25) is 0 Å². The predicted octanol–water partition coefficient (Wildman–Crippen LogP) is 3.01. The van der Waals surface area contributed by atoms with Crippen LogP contribution in [0.3, 0.4) is 0 Å². The van der Waals surface area contributed by atoms with Crippen LogP contribution in [-0.4, -0.2) is 42.6 Å². The van der Waals surface area contributed by atoms with Crippen LogP contribution in [0.4, 0.5) is 0 Å². The fourth-order valence-corrected chi connectivity index (χ4v) is 3.14. The zero-order valence-electron chi connectivity index (χ0n) is 15.1. The number of carbonyl (C=O) groups excluding carboxylic acids is 1. The standard InChI is InChI=1S/C20H17N7O/c1-26(20(28)14-5-3-2-4-6-14)17(7-9-21)27-12-15(11-25-27)18-16-8-10-22-19(16)24-13-23-18/h2-6,8,10-13,17H,7H2,1H3,(H,22,23,24). The molecule has 0 bridgehead atoms. The summed E-state index contributed by atoms with van der Waals surface area (Å²) in [7, 11) is 1.67. The Kier molecular flexibility index (Phi) is 4.56. The minimum atomic E-state index is -0.532. The first-order chi connectivity index (χ1) is 13.7. The quantitative estimate of drug-likeness (QED) is 0.581. The molecule has 8 heteroatoms. The number of rotatable bonds is 5. The highest BCUT2D eigenvalue weighted by atomic mass is 16.2. The summed E-state index contributed by atoms with van der Waals surface area (Å²) < 4.78 is 1.62. The zero-order valence-corrected chi connectivity index (χ0v) is 15.1. The molecular formula is C20H17N7O. The molecule has 0 radical (unpaired) electrons. The zero-order chi connectivity index (χ0) is 19.5. The predicted molar refractivity (Wildman–Crippen MR) is 103 cm³/mol. The van der Waals surface area contributed by atoms with Crippen LogP contribution in [0, 0.1) is 11.3 Å². The summed E-state index contributed by atoms with van der Waals surface area (Å²) in [4.78, 5) is 25.9. The average Bonchev–Trinajstić information content (AvgIpc) is 3.41. The molecule has 0 aliphatic rings. The van der Waals surface area contributed by atoms with Gasteiger partial charge in [0.1, 0.15) is 18.1 Å². The molecule has 3 heterocycles. The first kappa shape index (κ1) is 17.4. The average molecular weight is 371 g/mol. The normalized spacial score (nSPS) is 11.9. The van der Waals surface area contributed by atoms with Crippen molar-refractivity contribution in [2.45, 2.75) is 12.6 Å². The van der Waals surface area contributed by atoms with Crippen molar-refractivity contribution in [2.24, 2.45) is 0 Å².